The predicted molar refractivity (Wildman–Crippen MR) is 106 cm³/mol. The third-order valence-electron chi connectivity index (χ3n) is 3.82. The number of carbonyl (C=O) groups is 3. The number of ether oxygens (including phenoxy) is 3. The van der Waals surface area contributed by atoms with Gasteiger partial charge in [0.15, 0.2) is 6.61 Å². The van der Waals surface area contributed by atoms with Gasteiger partial charge in [0.25, 0.3) is 11.8 Å². The Kier molecular flexibility index (Phi) is 8.29. The van der Waals surface area contributed by atoms with Crippen molar-refractivity contribution in [2.75, 3.05) is 20.8 Å². The van der Waals surface area contributed by atoms with E-state index in [-0.39, 0.29) is 6.42 Å². The average Bonchev–Trinajstić information content (AvgIpc) is 2.74. The van der Waals surface area contributed by atoms with Gasteiger partial charge in [-0.15, -0.1) is 0 Å². The van der Waals surface area contributed by atoms with Crippen LogP contribution in [0.3, 0.4) is 0 Å². The Balaban J connectivity index is 1.72. The van der Waals surface area contributed by atoms with Gasteiger partial charge in [-0.1, -0.05) is 11.6 Å². The Hall–Kier alpha value is -3.26. The van der Waals surface area contributed by atoms with Crippen molar-refractivity contribution >= 4 is 29.4 Å². The van der Waals surface area contributed by atoms with Crippen molar-refractivity contribution in [1.29, 1.82) is 0 Å². The van der Waals surface area contributed by atoms with Crippen LogP contribution in [0.1, 0.15) is 22.3 Å². The number of amides is 2. The summed E-state index contributed by atoms with van der Waals surface area (Å²) >= 11 is 5.75. The SMILES string of the molecule is COc1cc(CCC(=O)OCC(=O)NNC(=O)c2ccc(Cl)cc2)cc(OC)c1. The zero-order valence-corrected chi connectivity index (χ0v) is 16.7. The molecule has 0 saturated carbocycles. The molecule has 2 rings (SSSR count). The van der Waals surface area contributed by atoms with E-state index in [2.05, 4.69) is 10.9 Å². The summed E-state index contributed by atoms with van der Waals surface area (Å²) in [5.41, 5.74) is 5.55. The molecular weight excluding hydrogens is 400 g/mol. The molecule has 0 aliphatic heterocycles. The fourth-order valence-electron chi connectivity index (χ4n) is 2.31. The Morgan fingerprint density at radius 3 is 2.14 bits per heavy atom. The summed E-state index contributed by atoms with van der Waals surface area (Å²) in [5.74, 6) is -0.505. The van der Waals surface area contributed by atoms with Crippen LogP contribution >= 0.6 is 11.6 Å². The van der Waals surface area contributed by atoms with Crippen LogP contribution in [0.5, 0.6) is 11.5 Å². The van der Waals surface area contributed by atoms with Crippen LogP contribution in [0.2, 0.25) is 5.02 Å². The molecular formula is C20H21ClN2O6. The fourth-order valence-corrected chi connectivity index (χ4v) is 2.44. The van der Waals surface area contributed by atoms with E-state index in [1.807, 2.05) is 0 Å². The number of hydrogen-bond acceptors (Lipinski definition) is 6. The van der Waals surface area contributed by atoms with Crippen LogP contribution in [-0.2, 0) is 20.7 Å². The third-order valence-corrected chi connectivity index (χ3v) is 4.07. The first-order chi connectivity index (χ1) is 13.9. The first kappa shape index (κ1) is 22.0. The Morgan fingerprint density at radius 2 is 1.55 bits per heavy atom. The Morgan fingerprint density at radius 1 is 0.931 bits per heavy atom. The van der Waals surface area contributed by atoms with Crippen molar-refractivity contribution < 1.29 is 28.6 Å². The number of methoxy groups -OCH3 is 2. The minimum absolute atomic E-state index is 0.0702. The van der Waals surface area contributed by atoms with E-state index in [0.29, 0.717) is 28.5 Å². The molecule has 2 amide bonds. The van der Waals surface area contributed by atoms with Gasteiger partial charge < -0.3 is 14.2 Å². The molecule has 0 aliphatic carbocycles. The Bertz CT molecular complexity index is 848. The average molecular weight is 421 g/mol. The quantitative estimate of drug-likeness (QED) is 0.501. The molecule has 0 radical (unpaired) electrons. The van der Waals surface area contributed by atoms with E-state index in [1.54, 1.807) is 30.3 Å². The number of carbonyl (C=O) groups excluding carboxylic acids is 3. The first-order valence-corrected chi connectivity index (χ1v) is 9.01. The smallest absolute Gasteiger partial charge is 0.306 e. The molecule has 0 aliphatic rings. The third kappa shape index (κ3) is 7.34. The molecule has 0 fully saturated rings. The lowest BCUT2D eigenvalue weighted by Gasteiger charge is -2.09. The fraction of sp³-hybridized carbons (Fsp3) is 0.250. The number of rotatable bonds is 8. The standard InChI is InChI=1S/C20H21ClN2O6/c1-27-16-9-13(10-17(11-16)28-2)3-8-19(25)29-12-18(24)22-23-20(26)14-4-6-15(21)7-5-14/h4-7,9-11H,3,8,12H2,1-2H3,(H,22,24)(H,23,26). The Labute approximate surface area is 173 Å². The van der Waals surface area contributed by atoms with Crippen LogP contribution < -0.4 is 20.3 Å². The van der Waals surface area contributed by atoms with E-state index >= 15 is 0 Å². The lowest BCUT2D eigenvalue weighted by Crippen LogP contribution is -2.43. The number of benzene rings is 2. The van der Waals surface area contributed by atoms with Gasteiger partial charge in [-0.3, -0.25) is 25.2 Å². The van der Waals surface area contributed by atoms with Crippen molar-refractivity contribution in [3.63, 3.8) is 0 Å². The van der Waals surface area contributed by atoms with E-state index in [0.717, 1.165) is 5.56 Å². The van der Waals surface area contributed by atoms with Gasteiger partial charge in [0, 0.05) is 23.1 Å². The molecule has 2 aromatic rings. The molecule has 0 saturated heterocycles. The second kappa shape index (κ2) is 10.9. The van der Waals surface area contributed by atoms with E-state index < -0.39 is 24.4 Å². The molecule has 0 heterocycles. The number of hydrazine groups is 1. The molecule has 0 bridgehead atoms. The summed E-state index contributed by atoms with van der Waals surface area (Å²) in [6, 6.07) is 11.4. The summed E-state index contributed by atoms with van der Waals surface area (Å²) in [5, 5.41) is 0.491. The van der Waals surface area contributed by atoms with Gasteiger partial charge in [-0.25, -0.2) is 0 Å². The summed E-state index contributed by atoms with van der Waals surface area (Å²) < 4.78 is 15.3. The van der Waals surface area contributed by atoms with Crippen molar-refractivity contribution in [3.05, 3.63) is 58.6 Å². The molecule has 29 heavy (non-hydrogen) atoms. The van der Waals surface area contributed by atoms with Crippen LogP contribution in [0.15, 0.2) is 42.5 Å². The predicted octanol–water partition coefficient (Wildman–Crippen LogP) is 2.29. The maximum atomic E-state index is 11.9. The lowest BCUT2D eigenvalue weighted by molar-refractivity contribution is -0.148. The number of hydrogen-bond donors (Lipinski definition) is 2. The van der Waals surface area contributed by atoms with E-state index in [9.17, 15) is 14.4 Å². The molecule has 0 spiro atoms. The number of esters is 1. The minimum Gasteiger partial charge on any atom is -0.497 e. The van der Waals surface area contributed by atoms with Gasteiger partial charge in [-0.05, 0) is 48.4 Å². The number of aryl methyl sites for hydroxylation is 1. The van der Waals surface area contributed by atoms with Crippen LogP contribution in [0.25, 0.3) is 0 Å². The van der Waals surface area contributed by atoms with Crippen LogP contribution in [0, 0.1) is 0 Å². The molecule has 2 aromatic carbocycles. The molecule has 8 nitrogen and oxygen atoms in total. The highest BCUT2D eigenvalue weighted by molar-refractivity contribution is 6.30. The van der Waals surface area contributed by atoms with Crippen LogP contribution in [-0.4, -0.2) is 38.6 Å². The second-order valence-corrected chi connectivity index (χ2v) is 6.33. The van der Waals surface area contributed by atoms with Gasteiger partial charge in [0.05, 0.1) is 14.2 Å². The molecule has 154 valence electrons. The molecule has 0 unspecified atom stereocenters. The van der Waals surface area contributed by atoms with Crippen molar-refractivity contribution in [2.45, 2.75) is 12.8 Å². The van der Waals surface area contributed by atoms with Gasteiger partial charge in [0.1, 0.15) is 11.5 Å². The highest BCUT2D eigenvalue weighted by atomic mass is 35.5. The van der Waals surface area contributed by atoms with Gasteiger partial charge in [0.2, 0.25) is 0 Å². The lowest BCUT2D eigenvalue weighted by atomic mass is 10.1. The minimum atomic E-state index is -0.663. The van der Waals surface area contributed by atoms with Gasteiger partial charge >= 0.3 is 5.97 Å². The summed E-state index contributed by atoms with van der Waals surface area (Å²) in [4.78, 5) is 35.4. The van der Waals surface area contributed by atoms with Crippen LogP contribution in [0.4, 0.5) is 0 Å². The monoisotopic (exact) mass is 420 g/mol. The highest BCUT2D eigenvalue weighted by Crippen LogP contribution is 2.23. The van der Waals surface area contributed by atoms with Crippen molar-refractivity contribution in [1.82, 2.24) is 10.9 Å². The summed E-state index contributed by atoms with van der Waals surface area (Å²) in [6.07, 6.45) is 0.460. The zero-order valence-electron chi connectivity index (χ0n) is 16.0. The van der Waals surface area contributed by atoms with Crippen molar-refractivity contribution in [3.8, 4) is 11.5 Å². The second-order valence-electron chi connectivity index (χ2n) is 5.89. The molecule has 0 aromatic heterocycles. The van der Waals surface area contributed by atoms with E-state index in [4.69, 9.17) is 25.8 Å². The summed E-state index contributed by atoms with van der Waals surface area (Å²) in [7, 11) is 3.08. The normalized spacial score (nSPS) is 10.0. The first-order valence-electron chi connectivity index (χ1n) is 8.63. The molecule has 9 heteroatoms. The maximum Gasteiger partial charge on any atom is 0.306 e. The molecule has 2 N–H and O–H groups in total. The van der Waals surface area contributed by atoms with Gasteiger partial charge in [-0.2, -0.15) is 0 Å². The largest absolute Gasteiger partial charge is 0.497 e. The highest BCUT2D eigenvalue weighted by Gasteiger charge is 2.11. The summed E-state index contributed by atoms with van der Waals surface area (Å²) in [6.45, 7) is -0.513. The number of halogens is 1. The topological polar surface area (TPSA) is 103 Å². The molecule has 0 atom stereocenters. The zero-order chi connectivity index (χ0) is 21.2. The number of nitrogens with one attached hydrogen (secondary N) is 2. The maximum absolute atomic E-state index is 11.9. The van der Waals surface area contributed by atoms with Crippen molar-refractivity contribution in [2.24, 2.45) is 0 Å². The van der Waals surface area contributed by atoms with E-state index in [1.165, 1.54) is 26.4 Å².